The van der Waals surface area contributed by atoms with E-state index in [-0.39, 0.29) is 11.2 Å². The molecule has 10 heteroatoms. The fourth-order valence-corrected chi connectivity index (χ4v) is 3.01. The number of rotatable bonds is 5. The molecule has 0 aliphatic rings. The number of ether oxygens (including phenoxy) is 1. The number of aromatic amines is 1. The number of hydrogen-bond donors (Lipinski definition) is 3. The molecule has 30 heavy (non-hydrogen) atoms. The van der Waals surface area contributed by atoms with Gasteiger partial charge in [-0.2, -0.15) is 0 Å². The van der Waals surface area contributed by atoms with E-state index in [4.69, 9.17) is 4.74 Å². The maximum absolute atomic E-state index is 12.0. The number of fused-ring (bicyclic) bond motifs is 1. The fourth-order valence-electron chi connectivity index (χ4n) is 3.01. The van der Waals surface area contributed by atoms with Crippen molar-refractivity contribution in [2.75, 3.05) is 10.6 Å². The van der Waals surface area contributed by atoms with Crippen molar-refractivity contribution in [3.05, 3.63) is 41.1 Å². The maximum Gasteiger partial charge on any atom is 0.413 e. The molecule has 0 radical (unpaired) electrons. The predicted octanol–water partition coefficient (Wildman–Crippen LogP) is 2.29. The number of carboxylic acid groups (broad SMARTS) is 1. The lowest BCUT2D eigenvalue weighted by atomic mass is 10.1. The lowest BCUT2D eigenvalue weighted by Gasteiger charge is -2.20. The number of carboxylic acids is 1. The topological polar surface area (TPSA) is 145 Å². The smallest absolute Gasteiger partial charge is 0.413 e. The zero-order chi connectivity index (χ0) is 22.1. The number of aromatic nitrogens is 4. The van der Waals surface area contributed by atoms with E-state index in [0.717, 1.165) is 16.8 Å². The van der Waals surface area contributed by atoms with Crippen molar-refractivity contribution >= 4 is 34.6 Å². The highest BCUT2D eigenvalue weighted by Gasteiger charge is 2.18. The third kappa shape index (κ3) is 4.65. The number of carbonyl (C=O) groups excluding carboxylic acids is 2. The lowest BCUT2D eigenvalue weighted by molar-refractivity contribution is -0.255. The monoisotopic (exact) mass is 411 g/mol. The molecule has 0 atom stereocenters. The van der Waals surface area contributed by atoms with E-state index in [2.05, 4.69) is 30.6 Å². The summed E-state index contributed by atoms with van der Waals surface area (Å²) >= 11 is 0. The maximum atomic E-state index is 12.0. The Morgan fingerprint density at radius 1 is 1.23 bits per heavy atom. The summed E-state index contributed by atoms with van der Waals surface area (Å²) in [5.74, 6) is -0.450. The van der Waals surface area contributed by atoms with E-state index in [0.29, 0.717) is 23.6 Å². The summed E-state index contributed by atoms with van der Waals surface area (Å²) in [5.41, 5.74) is 2.14. The molecule has 0 saturated heterocycles. The number of H-pyrrole nitrogens is 1. The Balaban J connectivity index is 1.77. The molecule has 3 aromatic rings. The van der Waals surface area contributed by atoms with Crippen LogP contribution in [0.1, 0.15) is 48.1 Å². The van der Waals surface area contributed by atoms with Crippen LogP contribution >= 0.6 is 0 Å². The number of nitrogens with zero attached hydrogens (tertiary/aromatic N) is 3. The molecule has 0 unspecified atom stereocenters. The Morgan fingerprint density at radius 3 is 2.60 bits per heavy atom. The molecule has 0 fully saturated rings. The first-order valence-electron chi connectivity index (χ1n) is 9.29. The molecular weight excluding hydrogens is 388 g/mol. The third-order valence-corrected chi connectivity index (χ3v) is 4.30. The number of anilines is 2. The molecule has 0 saturated carbocycles. The summed E-state index contributed by atoms with van der Waals surface area (Å²) in [6, 6.07) is 1.76. The summed E-state index contributed by atoms with van der Waals surface area (Å²) < 4.78 is 5.25. The van der Waals surface area contributed by atoms with Crippen LogP contribution in [0.15, 0.2) is 18.6 Å². The predicted molar refractivity (Wildman–Crippen MR) is 109 cm³/mol. The minimum Gasteiger partial charge on any atom is -0.543 e. The van der Waals surface area contributed by atoms with Gasteiger partial charge in [0.2, 0.25) is 0 Å². The van der Waals surface area contributed by atoms with E-state index in [1.54, 1.807) is 26.8 Å². The second-order valence-electron chi connectivity index (χ2n) is 7.80. The van der Waals surface area contributed by atoms with E-state index in [1.807, 2.05) is 13.8 Å². The highest BCUT2D eigenvalue weighted by Crippen LogP contribution is 2.24. The Labute approximate surface area is 173 Å². The van der Waals surface area contributed by atoms with Crippen molar-refractivity contribution < 1.29 is 19.4 Å². The van der Waals surface area contributed by atoms with Crippen LogP contribution in [0.5, 0.6) is 0 Å². The Bertz CT molecular complexity index is 1090. The number of amides is 1. The first-order chi connectivity index (χ1) is 14.0. The summed E-state index contributed by atoms with van der Waals surface area (Å²) in [7, 11) is 0. The van der Waals surface area contributed by atoms with Crippen molar-refractivity contribution in [2.45, 2.75) is 46.8 Å². The molecular formula is C20H23N6O4-. The molecule has 0 aliphatic carbocycles. The van der Waals surface area contributed by atoms with Gasteiger partial charge in [0.1, 0.15) is 29.1 Å². The van der Waals surface area contributed by atoms with E-state index < -0.39 is 17.7 Å². The normalized spacial score (nSPS) is 11.4. The second kappa shape index (κ2) is 7.97. The highest BCUT2D eigenvalue weighted by molar-refractivity contribution is 6.02. The van der Waals surface area contributed by atoms with Gasteiger partial charge in [-0.3, -0.25) is 5.32 Å². The van der Waals surface area contributed by atoms with Gasteiger partial charge in [-0.25, -0.2) is 19.7 Å². The van der Waals surface area contributed by atoms with Gasteiger partial charge in [-0.05, 0) is 51.8 Å². The van der Waals surface area contributed by atoms with Gasteiger partial charge in [-0.15, -0.1) is 0 Å². The van der Waals surface area contributed by atoms with Crippen molar-refractivity contribution in [1.82, 2.24) is 19.9 Å². The number of hydrogen-bond acceptors (Lipinski definition) is 8. The molecule has 0 aliphatic heterocycles. The zero-order valence-electron chi connectivity index (χ0n) is 17.4. The first-order valence-corrected chi connectivity index (χ1v) is 9.29. The average Bonchev–Trinajstić information content (AvgIpc) is 3.04. The third-order valence-electron chi connectivity index (χ3n) is 4.30. The van der Waals surface area contributed by atoms with Gasteiger partial charge in [0.25, 0.3) is 0 Å². The number of pyridine rings is 1. The van der Waals surface area contributed by atoms with Gasteiger partial charge in [0.15, 0.2) is 0 Å². The molecule has 3 heterocycles. The van der Waals surface area contributed by atoms with Crippen molar-refractivity contribution in [3.63, 3.8) is 0 Å². The standard InChI is InChI=1S/C20H24N6O4/c1-10-6-14(26-19(29)30-20(3,4)5)25-11(2)12(10)7-22-17-13-8-21-16(18(27)28)15(13)23-9-24-17/h6,8-9,21H,7H2,1-5H3,(H,27,28)(H,22,23,24)(H,25,26,29)/p-1. The summed E-state index contributed by atoms with van der Waals surface area (Å²) in [6.07, 6.45) is 2.24. The van der Waals surface area contributed by atoms with E-state index in [1.165, 1.54) is 12.5 Å². The molecule has 0 spiro atoms. The highest BCUT2D eigenvalue weighted by atomic mass is 16.6. The SMILES string of the molecule is Cc1cc(NC(=O)OC(C)(C)C)nc(C)c1CNc1ncnc2c(C(=O)[O-])[nH]cc12. The first kappa shape index (κ1) is 21.0. The molecule has 3 N–H and O–H groups in total. The number of nitrogens with one attached hydrogen (secondary N) is 3. The van der Waals surface area contributed by atoms with Gasteiger partial charge < -0.3 is 24.9 Å². The van der Waals surface area contributed by atoms with Crippen molar-refractivity contribution in [3.8, 4) is 0 Å². The summed E-state index contributed by atoms with van der Waals surface area (Å²) in [4.78, 5) is 38.4. The van der Waals surface area contributed by atoms with Gasteiger partial charge >= 0.3 is 6.09 Å². The average molecular weight is 411 g/mol. The minimum absolute atomic E-state index is 0.0953. The molecule has 0 aromatic carbocycles. The largest absolute Gasteiger partial charge is 0.543 e. The van der Waals surface area contributed by atoms with Crippen LogP contribution in [0, 0.1) is 13.8 Å². The number of aromatic carboxylic acids is 1. The molecule has 158 valence electrons. The van der Waals surface area contributed by atoms with Crippen molar-refractivity contribution in [2.24, 2.45) is 0 Å². The van der Waals surface area contributed by atoms with Crippen LogP contribution in [0.2, 0.25) is 0 Å². The van der Waals surface area contributed by atoms with Crippen LogP contribution in [0.3, 0.4) is 0 Å². The molecule has 0 bridgehead atoms. The summed E-state index contributed by atoms with van der Waals surface area (Å²) in [6.45, 7) is 9.51. The van der Waals surface area contributed by atoms with Gasteiger partial charge in [0.05, 0.1) is 17.0 Å². The van der Waals surface area contributed by atoms with Crippen LogP contribution in [0.25, 0.3) is 10.9 Å². The van der Waals surface area contributed by atoms with Crippen molar-refractivity contribution in [1.29, 1.82) is 0 Å². The zero-order valence-corrected chi connectivity index (χ0v) is 17.4. The quantitative estimate of drug-likeness (QED) is 0.580. The van der Waals surface area contributed by atoms with E-state index >= 15 is 0 Å². The van der Waals surface area contributed by atoms with Crippen LogP contribution in [0.4, 0.5) is 16.4 Å². The van der Waals surface area contributed by atoms with Gasteiger partial charge in [0, 0.05) is 18.4 Å². The van der Waals surface area contributed by atoms with Crippen LogP contribution in [-0.2, 0) is 11.3 Å². The fraction of sp³-hybridized carbons (Fsp3) is 0.350. The second-order valence-corrected chi connectivity index (χ2v) is 7.80. The number of carbonyl (C=O) groups is 2. The Morgan fingerprint density at radius 2 is 1.97 bits per heavy atom. The van der Waals surface area contributed by atoms with Crippen LogP contribution in [-0.4, -0.2) is 37.6 Å². The lowest BCUT2D eigenvalue weighted by Crippen LogP contribution is -2.27. The molecule has 1 amide bonds. The van der Waals surface area contributed by atoms with Crippen LogP contribution < -0.4 is 15.7 Å². The minimum atomic E-state index is -1.33. The molecule has 10 nitrogen and oxygen atoms in total. The number of aryl methyl sites for hydroxylation is 2. The Hall–Kier alpha value is -3.69. The summed E-state index contributed by atoms with van der Waals surface area (Å²) in [5, 5.41) is 17.5. The van der Waals surface area contributed by atoms with E-state index in [9.17, 15) is 14.7 Å². The molecule has 3 aromatic heterocycles. The Kier molecular flexibility index (Phi) is 5.59. The molecule has 3 rings (SSSR count). The van der Waals surface area contributed by atoms with Gasteiger partial charge in [-0.1, -0.05) is 0 Å².